The average Bonchev–Trinajstić information content (AvgIpc) is 2.49. The zero-order valence-electron chi connectivity index (χ0n) is 12.9. The molecule has 2 rings (SSSR count). The second-order valence-corrected chi connectivity index (χ2v) is 5.72. The zero-order valence-corrected chi connectivity index (χ0v) is 12.9. The van der Waals surface area contributed by atoms with Crippen molar-refractivity contribution in [1.82, 2.24) is 5.32 Å². The van der Waals surface area contributed by atoms with E-state index in [4.69, 9.17) is 15.2 Å². The van der Waals surface area contributed by atoms with Crippen molar-refractivity contribution < 1.29 is 14.3 Å². The topological polar surface area (TPSA) is 73.6 Å². The molecule has 0 atom stereocenters. The van der Waals surface area contributed by atoms with E-state index in [1.54, 1.807) is 19.2 Å². The van der Waals surface area contributed by atoms with Crippen molar-refractivity contribution in [3.8, 4) is 11.5 Å². The van der Waals surface area contributed by atoms with Crippen molar-refractivity contribution in [3.63, 3.8) is 0 Å². The molecular weight excluding hydrogens is 268 g/mol. The molecule has 1 saturated carbocycles. The maximum Gasteiger partial charge on any atom is 0.253 e. The smallest absolute Gasteiger partial charge is 0.253 e. The van der Waals surface area contributed by atoms with E-state index < -0.39 is 0 Å². The molecule has 1 aliphatic carbocycles. The Morgan fingerprint density at radius 1 is 1.14 bits per heavy atom. The largest absolute Gasteiger partial charge is 0.493 e. The lowest BCUT2D eigenvalue weighted by Crippen LogP contribution is -2.37. The van der Waals surface area contributed by atoms with E-state index in [0.717, 1.165) is 31.6 Å². The van der Waals surface area contributed by atoms with Gasteiger partial charge in [0, 0.05) is 17.8 Å². The number of benzene rings is 1. The fourth-order valence-corrected chi connectivity index (χ4v) is 2.76. The Kier molecular flexibility index (Phi) is 4.94. The third kappa shape index (κ3) is 3.60. The van der Waals surface area contributed by atoms with Crippen LogP contribution in [0.2, 0.25) is 0 Å². The number of methoxy groups -OCH3 is 2. The molecule has 1 aliphatic rings. The van der Waals surface area contributed by atoms with Gasteiger partial charge in [-0.25, -0.2) is 0 Å². The molecule has 116 valence electrons. The highest BCUT2D eigenvalue weighted by atomic mass is 16.5. The molecule has 1 aromatic rings. The first-order chi connectivity index (χ1) is 10.0. The van der Waals surface area contributed by atoms with Gasteiger partial charge in [-0.05, 0) is 37.7 Å². The lowest BCUT2D eigenvalue weighted by Gasteiger charge is -2.27. The van der Waals surface area contributed by atoms with Crippen LogP contribution in [-0.4, -0.2) is 26.2 Å². The van der Waals surface area contributed by atoms with Crippen LogP contribution < -0.4 is 20.5 Å². The molecule has 0 unspecified atom stereocenters. The number of carbonyl (C=O) groups excluding carboxylic acids is 1. The Bertz CT molecular complexity index is 508. The fourth-order valence-electron chi connectivity index (χ4n) is 2.76. The van der Waals surface area contributed by atoms with Crippen LogP contribution in [0.3, 0.4) is 0 Å². The second-order valence-electron chi connectivity index (χ2n) is 5.72. The number of ether oxygens (including phenoxy) is 2. The van der Waals surface area contributed by atoms with Crippen molar-refractivity contribution in [2.24, 2.45) is 5.92 Å². The summed E-state index contributed by atoms with van der Waals surface area (Å²) in [5.41, 5.74) is 6.79. The van der Waals surface area contributed by atoms with Crippen LogP contribution in [0.1, 0.15) is 43.0 Å². The number of nitrogens with one attached hydrogen (secondary N) is 1. The van der Waals surface area contributed by atoms with Gasteiger partial charge in [-0.1, -0.05) is 6.92 Å². The van der Waals surface area contributed by atoms with Gasteiger partial charge in [0.15, 0.2) is 11.5 Å². The number of hydrogen-bond acceptors (Lipinski definition) is 4. The summed E-state index contributed by atoms with van der Waals surface area (Å²) >= 11 is 0. The molecule has 5 nitrogen and oxygen atoms in total. The Hall–Kier alpha value is -1.91. The molecule has 21 heavy (non-hydrogen) atoms. The van der Waals surface area contributed by atoms with Crippen molar-refractivity contribution in [2.45, 2.75) is 38.6 Å². The van der Waals surface area contributed by atoms with Gasteiger partial charge in [0.1, 0.15) is 0 Å². The molecule has 0 aromatic heterocycles. The Morgan fingerprint density at radius 3 is 2.29 bits per heavy atom. The maximum atomic E-state index is 12.4. The van der Waals surface area contributed by atoms with E-state index in [1.165, 1.54) is 7.11 Å². The fraction of sp³-hybridized carbons (Fsp3) is 0.562. The molecule has 3 N–H and O–H groups in total. The van der Waals surface area contributed by atoms with Gasteiger partial charge in [0.25, 0.3) is 5.91 Å². The summed E-state index contributed by atoms with van der Waals surface area (Å²) in [7, 11) is 3.08. The van der Waals surface area contributed by atoms with Gasteiger partial charge in [-0.2, -0.15) is 0 Å². The monoisotopic (exact) mass is 292 g/mol. The normalized spacial score (nSPS) is 21.7. The quantitative estimate of drug-likeness (QED) is 0.837. The van der Waals surface area contributed by atoms with Gasteiger partial charge in [0.2, 0.25) is 0 Å². The first kappa shape index (κ1) is 15.5. The highest BCUT2D eigenvalue weighted by Gasteiger charge is 2.22. The molecule has 1 aromatic carbocycles. The van der Waals surface area contributed by atoms with E-state index in [-0.39, 0.29) is 11.9 Å². The summed E-state index contributed by atoms with van der Waals surface area (Å²) in [5.74, 6) is 1.64. The van der Waals surface area contributed by atoms with Gasteiger partial charge >= 0.3 is 0 Å². The molecule has 1 amide bonds. The van der Waals surface area contributed by atoms with E-state index in [0.29, 0.717) is 22.7 Å². The molecule has 5 heteroatoms. The van der Waals surface area contributed by atoms with Crippen molar-refractivity contribution in [3.05, 3.63) is 17.7 Å². The highest BCUT2D eigenvalue weighted by molar-refractivity contribution is 6.00. The number of hydrogen-bond donors (Lipinski definition) is 2. The minimum atomic E-state index is -0.145. The van der Waals surface area contributed by atoms with Crippen LogP contribution in [0.25, 0.3) is 0 Å². The summed E-state index contributed by atoms with van der Waals surface area (Å²) in [6.45, 7) is 2.25. The Morgan fingerprint density at radius 2 is 1.71 bits per heavy atom. The van der Waals surface area contributed by atoms with Crippen LogP contribution in [0, 0.1) is 5.92 Å². The van der Waals surface area contributed by atoms with Gasteiger partial charge < -0.3 is 20.5 Å². The van der Waals surface area contributed by atoms with Crippen molar-refractivity contribution in [2.75, 3.05) is 20.0 Å². The zero-order chi connectivity index (χ0) is 15.4. The molecule has 1 fully saturated rings. The average molecular weight is 292 g/mol. The standard InChI is InChI=1S/C16H24N2O3/c1-10-4-6-11(7-5-10)18-16(19)12-8-14(20-2)15(21-3)9-13(12)17/h8-11H,4-7,17H2,1-3H3,(H,18,19). The molecule has 0 spiro atoms. The number of amides is 1. The molecular formula is C16H24N2O3. The van der Waals surface area contributed by atoms with Crippen molar-refractivity contribution >= 4 is 11.6 Å². The van der Waals surface area contributed by atoms with Crippen LogP contribution in [0.5, 0.6) is 11.5 Å². The van der Waals surface area contributed by atoms with E-state index in [2.05, 4.69) is 12.2 Å². The molecule has 0 saturated heterocycles. The van der Waals surface area contributed by atoms with E-state index >= 15 is 0 Å². The predicted octanol–water partition coefficient (Wildman–Crippen LogP) is 2.59. The number of rotatable bonds is 4. The summed E-state index contributed by atoms with van der Waals surface area (Å²) in [6, 6.07) is 3.49. The van der Waals surface area contributed by atoms with E-state index in [1.807, 2.05) is 0 Å². The number of anilines is 1. The SMILES string of the molecule is COc1cc(N)c(C(=O)NC2CCC(C)CC2)cc1OC. The Labute approximate surface area is 125 Å². The summed E-state index contributed by atoms with van der Waals surface area (Å²) < 4.78 is 10.4. The molecule has 0 radical (unpaired) electrons. The number of nitrogen functional groups attached to an aromatic ring is 1. The molecule has 0 aliphatic heterocycles. The summed E-state index contributed by atoms with van der Waals surface area (Å²) in [5, 5.41) is 3.07. The van der Waals surface area contributed by atoms with Crippen molar-refractivity contribution in [1.29, 1.82) is 0 Å². The van der Waals surface area contributed by atoms with E-state index in [9.17, 15) is 4.79 Å². The minimum Gasteiger partial charge on any atom is -0.493 e. The second kappa shape index (κ2) is 6.70. The van der Waals surface area contributed by atoms with Crippen LogP contribution >= 0.6 is 0 Å². The molecule has 0 heterocycles. The maximum absolute atomic E-state index is 12.4. The first-order valence-corrected chi connectivity index (χ1v) is 7.37. The lowest BCUT2D eigenvalue weighted by atomic mass is 9.87. The van der Waals surface area contributed by atoms with Crippen LogP contribution in [0.15, 0.2) is 12.1 Å². The minimum absolute atomic E-state index is 0.145. The summed E-state index contributed by atoms with van der Waals surface area (Å²) in [4.78, 5) is 12.4. The van der Waals surface area contributed by atoms with Gasteiger partial charge in [-0.3, -0.25) is 4.79 Å². The van der Waals surface area contributed by atoms with Crippen LogP contribution in [0.4, 0.5) is 5.69 Å². The first-order valence-electron chi connectivity index (χ1n) is 7.37. The highest BCUT2D eigenvalue weighted by Crippen LogP contribution is 2.32. The van der Waals surface area contributed by atoms with Gasteiger partial charge in [-0.15, -0.1) is 0 Å². The Balaban J connectivity index is 2.11. The third-order valence-electron chi connectivity index (χ3n) is 4.15. The third-order valence-corrected chi connectivity index (χ3v) is 4.15. The number of nitrogens with two attached hydrogens (primary N) is 1. The van der Waals surface area contributed by atoms with Crippen LogP contribution in [-0.2, 0) is 0 Å². The molecule has 0 bridgehead atoms. The lowest BCUT2D eigenvalue weighted by molar-refractivity contribution is 0.0923. The summed E-state index contributed by atoms with van der Waals surface area (Å²) in [6.07, 6.45) is 4.37. The predicted molar refractivity (Wildman–Crippen MR) is 82.8 cm³/mol. The number of carbonyl (C=O) groups is 1. The van der Waals surface area contributed by atoms with Gasteiger partial charge in [0.05, 0.1) is 19.8 Å².